The summed E-state index contributed by atoms with van der Waals surface area (Å²) in [5, 5.41) is 1.73. The van der Waals surface area contributed by atoms with E-state index in [1.807, 2.05) is 53.9 Å². The zero-order chi connectivity index (χ0) is 21.7. The van der Waals surface area contributed by atoms with Gasteiger partial charge in [0.15, 0.2) is 0 Å². The first-order chi connectivity index (χ1) is 14.5. The molecule has 1 aliphatic heterocycles. The van der Waals surface area contributed by atoms with Gasteiger partial charge in [-0.2, -0.15) is 0 Å². The normalized spacial score (nSPS) is 13.7. The van der Waals surface area contributed by atoms with Gasteiger partial charge in [-0.05, 0) is 37.1 Å². The molecule has 7 heteroatoms. The van der Waals surface area contributed by atoms with Crippen LogP contribution in [0.25, 0.3) is 10.9 Å². The van der Waals surface area contributed by atoms with Crippen LogP contribution in [0.5, 0.6) is 5.75 Å². The van der Waals surface area contributed by atoms with Gasteiger partial charge in [0.1, 0.15) is 5.75 Å². The quantitative estimate of drug-likeness (QED) is 0.624. The first kappa shape index (κ1) is 22.1. The number of ether oxygens (including phenoxy) is 2. The number of amides is 1. The largest absolute Gasteiger partial charge is 0.495 e. The lowest BCUT2D eigenvalue weighted by Crippen LogP contribution is -2.40. The van der Waals surface area contributed by atoms with Crippen molar-refractivity contribution in [3.8, 4) is 5.75 Å². The number of pyridine rings is 1. The predicted molar refractivity (Wildman–Crippen MR) is 120 cm³/mol. The third kappa shape index (κ3) is 4.77. The van der Waals surface area contributed by atoms with E-state index in [2.05, 4.69) is 11.9 Å². The second-order valence-electron chi connectivity index (χ2n) is 7.17. The summed E-state index contributed by atoms with van der Waals surface area (Å²) in [5.41, 5.74) is 3.82. The highest BCUT2D eigenvalue weighted by Crippen LogP contribution is 2.25. The molecule has 0 aliphatic carbocycles. The predicted octanol–water partition coefficient (Wildman–Crippen LogP) is 4.27. The van der Waals surface area contributed by atoms with Gasteiger partial charge >= 0.3 is 0 Å². The van der Waals surface area contributed by atoms with Crippen molar-refractivity contribution >= 4 is 28.4 Å². The lowest BCUT2D eigenvalue weighted by Gasteiger charge is -2.27. The molecule has 0 bridgehead atoms. The number of benzene rings is 1. The minimum atomic E-state index is 0.0441. The van der Waals surface area contributed by atoms with Crippen molar-refractivity contribution in [2.75, 3.05) is 33.4 Å². The number of nitrogens with zero attached hydrogens (tertiary/aromatic N) is 3. The molecule has 1 saturated heterocycles. The number of carbonyl (C=O) groups excluding carboxylic acids is 1. The third-order valence-corrected chi connectivity index (χ3v) is 5.55. The summed E-state index contributed by atoms with van der Waals surface area (Å²) in [6, 6.07) is 7.85. The average molecular weight is 430 g/mol. The van der Waals surface area contributed by atoms with E-state index in [0.29, 0.717) is 36.9 Å². The molecular weight excluding hydrogens is 402 g/mol. The lowest BCUT2D eigenvalue weighted by atomic mass is 10.1. The van der Waals surface area contributed by atoms with Gasteiger partial charge in [0.2, 0.25) is 0 Å². The fourth-order valence-electron chi connectivity index (χ4n) is 3.47. The van der Waals surface area contributed by atoms with E-state index in [0.717, 1.165) is 28.8 Å². The highest BCUT2D eigenvalue weighted by Gasteiger charge is 2.22. The van der Waals surface area contributed by atoms with E-state index in [-0.39, 0.29) is 5.91 Å². The number of methoxy groups -OCH3 is 1. The van der Waals surface area contributed by atoms with Gasteiger partial charge in [-0.15, -0.1) is 0 Å². The number of fused-ring (bicyclic) bond motifs is 1. The highest BCUT2D eigenvalue weighted by atomic mass is 35.5. The molecule has 160 valence electrons. The maximum absolute atomic E-state index is 12.6. The van der Waals surface area contributed by atoms with E-state index < -0.39 is 0 Å². The number of aromatic nitrogens is 2. The molecule has 6 nitrogen and oxygen atoms in total. The Morgan fingerprint density at radius 3 is 2.63 bits per heavy atom. The van der Waals surface area contributed by atoms with E-state index in [9.17, 15) is 4.79 Å². The molecule has 0 N–H and O–H groups in total. The molecule has 1 aromatic carbocycles. The molecule has 3 heterocycles. The van der Waals surface area contributed by atoms with E-state index >= 15 is 0 Å². The molecule has 0 radical (unpaired) electrons. The summed E-state index contributed by atoms with van der Waals surface area (Å²) < 4.78 is 12.3. The molecule has 3 aromatic rings. The number of halogens is 1. The van der Waals surface area contributed by atoms with Gasteiger partial charge in [0, 0.05) is 43.6 Å². The first-order valence-electron chi connectivity index (χ1n) is 10.1. The van der Waals surface area contributed by atoms with Crippen molar-refractivity contribution < 1.29 is 14.3 Å². The molecule has 0 atom stereocenters. The average Bonchev–Trinajstić information content (AvgIpc) is 3.17. The Morgan fingerprint density at radius 2 is 2.00 bits per heavy atom. The summed E-state index contributed by atoms with van der Waals surface area (Å²) in [6.07, 6.45) is 4.66. The summed E-state index contributed by atoms with van der Waals surface area (Å²) in [7, 11) is 3.57. The van der Waals surface area contributed by atoms with E-state index in [4.69, 9.17) is 21.1 Å². The van der Waals surface area contributed by atoms with Gasteiger partial charge < -0.3 is 18.9 Å². The maximum atomic E-state index is 12.6. The molecule has 2 aromatic heterocycles. The molecule has 0 spiro atoms. The van der Waals surface area contributed by atoms with Crippen molar-refractivity contribution in [1.82, 2.24) is 14.5 Å². The van der Waals surface area contributed by atoms with Crippen LogP contribution >= 0.6 is 11.6 Å². The monoisotopic (exact) mass is 429 g/mol. The SMILES string of the molecule is CCc1ccc(OC)c(Cl)c1.Cc1ncc(C(=O)N2CCOCC2)c2c1ccn2C. The van der Waals surface area contributed by atoms with Crippen LogP contribution in [0.15, 0.2) is 36.7 Å². The summed E-state index contributed by atoms with van der Waals surface area (Å²) in [4.78, 5) is 18.8. The Bertz CT molecular complexity index is 1030. The van der Waals surface area contributed by atoms with Crippen molar-refractivity contribution in [3.63, 3.8) is 0 Å². The van der Waals surface area contributed by atoms with Crippen LogP contribution in [-0.4, -0.2) is 53.8 Å². The Labute approximate surface area is 182 Å². The van der Waals surface area contributed by atoms with Gasteiger partial charge in [-0.1, -0.05) is 24.6 Å². The van der Waals surface area contributed by atoms with Gasteiger partial charge in [0.05, 0.1) is 36.4 Å². The maximum Gasteiger partial charge on any atom is 0.257 e. The van der Waals surface area contributed by atoms with Crippen molar-refractivity contribution in [2.45, 2.75) is 20.3 Å². The second-order valence-corrected chi connectivity index (χ2v) is 7.58. The van der Waals surface area contributed by atoms with Gasteiger partial charge in [-0.3, -0.25) is 9.78 Å². The first-order valence-corrected chi connectivity index (χ1v) is 10.4. The summed E-state index contributed by atoms with van der Waals surface area (Å²) >= 11 is 5.88. The third-order valence-electron chi connectivity index (χ3n) is 5.26. The van der Waals surface area contributed by atoms with Crippen LogP contribution in [0, 0.1) is 6.92 Å². The molecular formula is C23H28ClN3O3. The van der Waals surface area contributed by atoms with Crippen LogP contribution in [-0.2, 0) is 18.2 Å². The zero-order valence-corrected chi connectivity index (χ0v) is 18.7. The smallest absolute Gasteiger partial charge is 0.257 e. The van der Waals surface area contributed by atoms with Gasteiger partial charge in [0.25, 0.3) is 5.91 Å². The van der Waals surface area contributed by atoms with Gasteiger partial charge in [-0.25, -0.2) is 0 Å². The minimum absolute atomic E-state index is 0.0441. The number of morpholine rings is 1. The number of carbonyl (C=O) groups is 1. The Kier molecular flexibility index (Phi) is 7.34. The zero-order valence-electron chi connectivity index (χ0n) is 17.9. The van der Waals surface area contributed by atoms with Crippen LogP contribution in [0.3, 0.4) is 0 Å². The molecule has 0 unspecified atom stereocenters. The Morgan fingerprint density at radius 1 is 1.27 bits per heavy atom. The highest BCUT2D eigenvalue weighted by molar-refractivity contribution is 6.32. The summed E-state index contributed by atoms with van der Waals surface area (Å²) in [5.74, 6) is 0.784. The Hall–Kier alpha value is -2.57. The fraction of sp³-hybridized carbons (Fsp3) is 0.391. The van der Waals surface area contributed by atoms with Crippen LogP contribution in [0.4, 0.5) is 0 Å². The lowest BCUT2D eigenvalue weighted by molar-refractivity contribution is 0.0303. The fourth-order valence-corrected chi connectivity index (χ4v) is 3.75. The molecule has 30 heavy (non-hydrogen) atoms. The summed E-state index contributed by atoms with van der Waals surface area (Å²) in [6.45, 7) is 6.59. The molecule has 1 fully saturated rings. The van der Waals surface area contributed by atoms with Crippen molar-refractivity contribution in [3.05, 3.63) is 58.5 Å². The molecule has 0 saturated carbocycles. The standard InChI is InChI=1S/C14H17N3O2.C9H11ClO/c1-10-11-3-4-16(2)13(11)12(9-15-10)14(18)17-5-7-19-8-6-17;1-3-7-4-5-9(11-2)8(10)6-7/h3-4,9H,5-8H2,1-2H3;4-6H,3H2,1-2H3. The number of rotatable bonds is 3. The number of hydrogen-bond donors (Lipinski definition) is 0. The minimum Gasteiger partial charge on any atom is -0.495 e. The van der Waals surface area contributed by atoms with Crippen molar-refractivity contribution in [1.29, 1.82) is 0 Å². The van der Waals surface area contributed by atoms with E-state index in [1.54, 1.807) is 13.3 Å². The molecule has 1 amide bonds. The topological polar surface area (TPSA) is 56.6 Å². The van der Waals surface area contributed by atoms with Crippen LogP contribution in [0.2, 0.25) is 5.02 Å². The molecule has 4 rings (SSSR count). The molecule has 1 aliphatic rings. The number of aryl methyl sites for hydroxylation is 3. The second kappa shape index (κ2) is 9.96. The van der Waals surface area contributed by atoms with E-state index in [1.165, 1.54) is 5.56 Å². The number of hydrogen-bond acceptors (Lipinski definition) is 4. The Balaban J connectivity index is 0.000000199. The van der Waals surface area contributed by atoms with Crippen LogP contribution in [0.1, 0.15) is 28.5 Å². The van der Waals surface area contributed by atoms with Crippen LogP contribution < -0.4 is 4.74 Å². The van der Waals surface area contributed by atoms with Crippen molar-refractivity contribution in [2.24, 2.45) is 7.05 Å².